The largest absolute Gasteiger partial charge is 0.495 e. The Bertz CT molecular complexity index is 1350. The van der Waals surface area contributed by atoms with Gasteiger partial charge in [-0.3, -0.25) is 19.3 Å². The third-order valence-corrected chi connectivity index (χ3v) is 7.27. The Labute approximate surface area is 220 Å². The smallest absolute Gasteiger partial charge is 0.338 e. The van der Waals surface area contributed by atoms with Crippen molar-refractivity contribution in [2.24, 2.45) is 11.8 Å². The molecule has 2 aliphatic rings. The van der Waals surface area contributed by atoms with E-state index >= 15 is 0 Å². The average Bonchev–Trinajstić information content (AvgIpc) is 3.21. The minimum atomic E-state index is -0.690. The van der Waals surface area contributed by atoms with Gasteiger partial charge in [-0.1, -0.05) is 42.5 Å². The molecule has 1 N–H and O–H groups in total. The number of methoxy groups -OCH3 is 1. The Hall–Kier alpha value is -4.46. The van der Waals surface area contributed by atoms with E-state index in [0.29, 0.717) is 30.0 Å². The number of amides is 3. The number of nitrogens with zero attached hydrogens (tertiary/aromatic N) is 1. The number of imide groups is 1. The lowest BCUT2D eigenvalue weighted by Crippen LogP contribution is -2.30. The van der Waals surface area contributed by atoms with Gasteiger partial charge in [-0.05, 0) is 67.1 Å². The second kappa shape index (κ2) is 10.9. The van der Waals surface area contributed by atoms with Crippen molar-refractivity contribution in [1.82, 2.24) is 0 Å². The van der Waals surface area contributed by atoms with Gasteiger partial charge in [0.1, 0.15) is 5.75 Å². The van der Waals surface area contributed by atoms with Crippen LogP contribution >= 0.6 is 0 Å². The summed E-state index contributed by atoms with van der Waals surface area (Å²) < 4.78 is 10.3. The van der Waals surface area contributed by atoms with E-state index in [0.717, 1.165) is 6.42 Å². The number of nitrogens with one attached hydrogen (secondary N) is 1. The van der Waals surface area contributed by atoms with Crippen molar-refractivity contribution in [2.75, 3.05) is 23.9 Å². The predicted molar refractivity (Wildman–Crippen MR) is 141 cm³/mol. The Morgan fingerprint density at radius 2 is 1.55 bits per heavy atom. The third kappa shape index (κ3) is 5.02. The van der Waals surface area contributed by atoms with Crippen molar-refractivity contribution in [3.8, 4) is 5.75 Å². The van der Waals surface area contributed by atoms with Crippen molar-refractivity contribution in [3.63, 3.8) is 0 Å². The lowest BCUT2D eigenvalue weighted by atomic mass is 9.73. The molecule has 5 rings (SSSR count). The minimum absolute atomic E-state index is 0.185. The highest BCUT2D eigenvalue weighted by Crippen LogP contribution is 2.45. The first kappa shape index (κ1) is 25.2. The summed E-state index contributed by atoms with van der Waals surface area (Å²) in [6.45, 7) is -0.479. The molecule has 0 unspecified atom stereocenters. The number of hydrogen-bond donors (Lipinski definition) is 1. The molecule has 1 saturated carbocycles. The summed E-state index contributed by atoms with van der Waals surface area (Å²) in [5.74, 6) is -1.48. The van der Waals surface area contributed by atoms with E-state index in [9.17, 15) is 19.2 Å². The van der Waals surface area contributed by atoms with Crippen LogP contribution in [0, 0.1) is 11.8 Å². The van der Waals surface area contributed by atoms with Crippen LogP contribution in [0.4, 0.5) is 11.4 Å². The van der Waals surface area contributed by atoms with Gasteiger partial charge in [0.05, 0.1) is 35.9 Å². The SMILES string of the molecule is COc1ccccc1NC(=O)COC(=O)c1ccc(N2C(=O)[C@H]3C[C@H](c4ccccc4)CC[C@H]3C2=O)cc1. The van der Waals surface area contributed by atoms with Gasteiger partial charge in [0, 0.05) is 0 Å². The molecular formula is C30H28N2O6. The van der Waals surface area contributed by atoms with Gasteiger partial charge >= 0.3 is 5.97 Å². The van der Waals surface area contributed by atoms with Crippen LogP contribution in [0.15, 0.2) is 78.9 Å². The fourth-order valence-corrected chi connectivity index (χ4v) is 5.36. The molecule has 0 spiro atoms. The van der Waals surface area contributed by atoms with Crippen LogP contribution in [0.5, 0.6) is 5.75 Å². The molecule has 2 fully saturated rings. The number of anilines is 2. The second-order valence-corrected chi connectivity index (χ2v) is 9.52. The molecule has 0 radical (unpaired) electrons. The summed E-state index contributed by atoms with van der Waals surface area (Å²) in [6.07, 6.45) is 2.19. The van der Waals surface area contributed by atoms with Gasteiger partial charge in [-0.25, -0.2) is 4.79 Å². The lowest BCUT2D eigenvalue weighted by Gasteiger charge is -2.28. The lowest BCUT2D eigenvalue weighted by molar-refractivity contribution is -0.122. The molecule has 0 bridgehead atoms. The predicted octanol–water partition coefficient (Wildman–Crippen LogP) is 4.56. The molecule has 1 heterocycles. The first-order valence-electron chi connectivity index (χ1n) is 12.6. The summed E-state index contributed by atoms with van der Waals surface area (Å²) in [5, 5.41) is 2.64. The fourth-order valence-electron chi connectivity index (χ4n) is 5.36. The molecule has 194 valence electrons. The number of carbonyl (C=O) groups is 4. The van der Waals surface area contributed by atoms with Crippen molar-refractivity contribution in [2.45, 2.75) is 25.2 Å². The summed E-state index contributed by atoms with van der Waals surface area (Å²) in [5.41, 5.74) is 2.30. The molecule has 3 aromatic rings. The molecule has 1 saturated heterocycles. The molecule has 1 aliphatic carbocycles. The molecule has 8 heteroatoms. The molecule has 1 aliphatic heterocycles. The van der Waals surface area contributed by atoms with Crippen LogP contribution in [-0.2, 0) is 19.1 Å². The van der Waals surface area contributed by atoms with Crippen molar-refractivity contribution >= 4 is 35.1 Å². The van der Waals surface area contributed by atoms with E-state index in [1.165, 1.54) is 29.7 Å². The number of ether oxygens (including phenoxy) is 2. The standard InChI is InChI=1S/C30H28N2O6/c1-37-26-10-6-5-9-25(26)31-27(33)18-38-30(36)20-11-14-22(15-12-20)32-28(34)23-16-13-21(17-24(23)29(32)35)19-7-3-2-4-8-19/h2-12,14-15,21,23-24H,13,16-18H2,1H3,(H,31,33)/t21-,23-,24+/m1/s1. The van der Waals surface area contributed by atoms with E-state index in [2.05, 4.69) is 17.4 Å². The maximum atomic E-state index is 13.3. The van der Waals surface area contributed by atoms with Gasteiger partial charge in [-0.2, -0.15) is 0 Å². The van der Waals surface area contributed by atoms with Crippen molar-refractivity contribution in [1.29, 1.82) is 0 Å². The first-order chi connectivity index (χ1) is 18.5. The maximum absolute atomic E-state index is 13.3. The van der Waals surface area contributed by atoms with Gasteiger partial charge < -0.3 is 14.8 Å². The highest BCUT2D eigenvalue weighted by molar-refractivity contribution is 6.22. The Balaban J connectivity index is 1.20. The summed E-state index contributed by atoms with van der Waals surface area (Å²) >= 11 is 0. The van der Waals surface area contributed by atoms with E-state index in [1.807, 2.05) is 18.2 Å². The molecule has 3 atom stereocenters. The molecule has 38 heavy (non-hydrogen) atoms. The number of para-hydroxylation sites is 2. The zero-order valence-electron chi connectivity index (χ0n) is 21.0. The fraction of sp³-hybridized carbons (Fsp3) is 0.267. The van der Waals surface area contributed by atoms with Crippen LogP contribution in [0.1, 0.15) is 41.1 Å². The van der Waals surface area contributed by atoms with Crippen molar-refractivity contribution in [3.05, 3.63) is 90.0 Å². The molecule has 0 aromatic heterocycles. The zero-order valence-corrected chi connectivity index (χ0v) is 21.0. The van der Waals surface area contributed by atoms with E-state index in [-0.39, 0.29) is 35.1 Å². The minimum Gasteiger partial charge on any atom is -0.495 e. The van der Waals surface area contributed by atoms with Crippen LogP contribution in [0.3, 0.4) is 0 Å². The van der Waals surface area contributed by atoms with Gasteiger partial charge in [0.15, 0.2) is 6.61 Å². The normalized spacial score (nSPS) is 20.6. The molecule has 3 aromatic carbocycles. The highest BCUT2D eigenvalue weighted by atomic mass is 16.5. The third-order valence-electron chi connectivity index (χ3n) is 7.27. The number of benzene rings is 3. The molecular weight excluding hydrogens is 484 g/mol. The molecule has 8 nitrogen and oxygen atoms in total. The van der Waals surface area contributed by atoms with Gasteiger partial charge in [-0.15, -0.1) is 0 Å². The first-order valence-corrected chi connectivity index (χ1v) is 12.6. The van der Waals surface area contributed by atoms with E-state index < -0.39 is 18.5 Å². The van der Waals surface area contributed by atoms with Crippen LogP contribution in [-0.4, -0.2) is 37.4 Å². The number of carbonyl (C=O) groups excluding carboxylic acids is 4. The van der Waals surface area contributed by atoms with Crippen LogP contribution in [0.2, 0.25) is 0 Å². The summed E-state index contributed by atoms with van der Waals surface area (Å²) in [6, 6.07) is 23.1. The number of rotatable bonds is 7. The van der Waals surface area contributed by atoms with Crippen LogP contribution < -0.4 is 15.0 Å². The number of esters is 1. The van der Waals surface area contributed by atoms with Crippen LogP contribution in [0.25, 0.3) is 0 Å². The quantitative estimate of drug-likeness (QED) is 0.368. The number of hydrogen-bond acceptors (Lipinski definition) is 6. The topological polar surface area (TPSA) is 102 Å². The average molecular weight is 513 g/mol. The van der Waals surface area contributed by atoms with E-state index in [1.54, 1.807) is 36.4 Å². The Morgan fingerprint density at radius 1 is 0.868 bits per heavy atom. The van der Waals surface area contributed by atoms with Gasteiger partial charge in [0.25, 0.3) is 5.91 Å². The van der Waals surface area contributed by atoms with E-state index in [4.69, 9.17) is 9.47 Å². The summed E-state index contributed by atoms with van der Waals surface area (Å²) in [4.78, 5) is 52.4. The Morgan fingerprint density at radius 3 is 2.29 bits per heavy atom. The highest BCUT2D eigenvalue weighted by Gasteiger charge is 2.50. The summed E-state index contributed by atoms with van der Waals surface area (Å²) in [7, 11) is 1.49. The zero-order chi connectivity index (χ0) is 26.6. The van der Waals surface area contributed by atoms with Gasteiger partial charge in [0.2, 0.25) is 11.8 Å². The second-order valence-electron chi connectivity index (χ2n) is 9.52. The van der Waals surface area contributed by atoms with Crippen molar-refractivity contribution < 1.29 is 28.7 Å². The number of fused-ring (bicyclic) bond motifs is 1. The maximum Gasteiger partial charge on any atom is 0.338 e. The Kier molecular flexibility index (Phi) is 7.22. The molecule has 3 amide bonds. The monoisotopic (exact) mass is 512 g/mol.